The second-order valence-corrected chi connectivity index (χ2v) is 6.74. The van der Waals surface area contributed by atoms with Crippen molar-refractivity contribution in [1.29, 1.82) is 0 Å². The Labute approximate surface area is 134 Å². The summed E-state index contributed by atoms with van der Waals surface area (Å²) in [6.45, 7) is 1.85. The summed E-state index contributed by atoms with van der Waals surface area (Å²) < 4.78 is 44.4. The van der Waals surface area contributed by atoms with E-state index in [0.29, 0.717) is 0 Å². The number of esters is 1. The van der Waals surface area contributed by atoms with Gasteiger partial charge in [-0.15, -0.1) is 0 Å². The van der Waals surface area contributed by atoms with Crippen LogP contribution in [-0.2, 0) is 21.4 Å². The SMILES string of the molecule is CNS(=O)(=O)c1ccc(F)c(C(=O)OCc2ccccc2C)c1. The van der Waals surface area contributed by atoms with Gasteiger partial charge in [-0.3, -0.25) is 0 Å². The molecule has 7 heteroatoms. The molecule has 0 amide bonds. The number of nitrogens with one attached hydrogen (secondary N) is 1. The second-order valence-electron chi connectivity index (χ2n) is 4.85. The highest BCUT2D eigenvalue weighted by Crippen LogP contribution is 2.17. The van der Waals surface area contributed by atoms with Gasteiger partial charge in [0.1, 0.15) is 12.4 Å². The summed E-state index contributed by atoms with van der Waals surface area (Å²) in [5, 5.41) is 0. The van der Waals surface area contributed by atoms with Crippen LogP contribution in [0.5, 0.6) is 0 Å². The lowest BCUT2D eigenvalue weighted by molar-refractivity contribution is 0.0466. The molecule has 0 heterocycles. The Morgan fingerprint density at radius 3 is 2.57 bits per heavy atom. The van der Waals surface area contributed by atoms with Crippen LogP contribution in [0.2, 0.25) is 0 Å². The third-order valence-electron chi connectivity index (χ3n) is 3.36. The highest BCUT2D eigenvalue weighted by Gasteiger charge is 2.19. The largest absolute Gasteiger partial charge is 0.457 e. The standard InChI is InChI=1S/C16H16FNO4S/c1-11-5-3-4-6-12(11)10-22-16(19)14-9-13(7-8-15(14)17)23(20,21)18-2/h3-9,18H,10H2,1-2H3. The molecule has 5 nitrogen and oxygen atoms in total. The summed E-state index contributed by atoms with van der Waals surface area (Å²) in [5.41, 5.74) is 1.31. The molecular weight excluding hydrogens is 321 g/mol. The second kappa shape index (κ2) is 6.89. The summed E-state index contributed by atoms with van der Waals surface area (Å²) in [7, 11) is -2.54. The lowest BCUT2D eigenvalue weighted by Crippen LogP contribution is -2.19. The fraction of sp³-hybridized carbons (Fsp3) is 0.188. The average Bonchev–Trinajstić information content (AvgIpc) is 2.54. The van der Waals surface area contributed by atoms with Crippen LogP contribution in [0.4, 0.5) is 4.39 Å². The van der Waals surface area contributed by atoms with E-state index < -0.39 is 27.4 Å². The molecule has 1 N–H and O–H groups in total. The Bertz CT molecular complexity index is 834. The van der Waals surface area contributed by atoms with E-state index in [4.69, 9.17) is 4.74 Å². The number of sulfonamides is 1. The fourth-order valence-corrected chi connectivity index (χ4v) is 2.69. The lowest BCUT2D eigenvalue weighted by atomic mass is 10.1. The summed E-state index contributed by atoms with van der Waals surface area (Å²) in [6, 6.07) is 10.3. The predicted octanol–water partition coefficient (Wildman–Crippen LogP) is 2.40. The van der Waals surface area contributed by atoms with Gasteiger partial charge in [0.25, 0.3) is 0 Å². The normalized spacial score (nSPS) is 11.3. The molecule has 2 rings (SSSR count). The Balaban J connectivity index is 2.22. The Hall–Kier alpha value is -2.25. The van der Waals surface area contributed by atoms with Crippen molar-refractivity contribution in [2.45, 2.75) is 18.4 Å². The van der Waals surface area contributed by atoms with Gasteiger partial charge in [-0.05, 0) is 43.3 Å². The minimum Gasteiger partial charge on any atom is -0.457 e. The number of ether oxygens (including phenoxy) is 1. The first kappa shape index (κ1) is 17.1. The minimum atomic E-state index is -3.77. The van der Waals surface area contributed by atoms with Crippen LogP contribution in [-0.4, -0.2) is 21.4 Å². The maximum absolute atomic E-state index is 13.8. The van der Waals surface area contributed by atoms with E-state index in [1.165, 1.54) is 7.05 Å². The van der Waals surface area contributed by atoms with Crippen molar-refractivity contribution < 1.29 is 22.3 Å². The number of aryl methyl sites for hydroxylation is 1. The van der Waals surface area contributed by atoms with E-state index in [2.05, 4.69) is 4.72 Å². The van der Waals surface area contributed by atoms with Gasteiger partial charge >= 0.3 is 5.97 Å². The van der Waals surface area contributed by atoms with Gasteiger partial charge in [-0.25, -0.2) is 22.3 Å². The molecule has 0 aliphatic carbocycles. The Kier molecular flexibility index (Phi) is 5.12. The van der Waals surface area contributed by atoms with E-state index in [0.717, 1.165) is 29.3 Å². The summed E-state index contributed by atoms with van der Waals surface area (Å²) in [6.07, 6.45) is 0. The van der Waals surface area contributed by atoms with Crippen molar-refractivity contribution in [2.24, 2.45) is 0 Å². The number of benzene rings is 2. The number of hydrogen-bond acceptors (Lipinski definition) is 4. The minimum absolute atomic E-state index is 0.0199. The van der Waals surface area contributed by atoms with Gasteiger partial charge < -0.3 is 4.74 Å². The van der Waals surface area contributed by atoms with Crippen molar-refractivity contribution in [3.63, 3.8) is 0 Å². The van der Waals surface area contributed by atoms with Gasteiger partial charge in [-0.2, -0.15) is 0 Å². The molecule has 0 aromatic heterocycles. The van der Waals surface area contributed by atoms with Crippen LogP contribution >= 0.6 is 0 Å². The summed E-state index contributed by atoms with van der Waals surface area (Å²) in [4.78, 5) is 11.8. The first-order valence-electron chi connectivity index (χ1n) is 6.80. The van der Waals surface area contributed by atoms with Crippen molar-refractivity contribution in [1.82, 2.24) is 4.72 Å². The Morgan fingerprint density at radius 1 is 1.22 bits per heavy atom. The van der Waals surface area contributed by atoms with Crippen LogP contribution in [0, 0.1) is 12.7 Å². The molecule has 0 bridgehead atoms. The van der Waals surface area contributed by atoms with Crippen molar-refractivity contribution in [3.05, 3.63) is 65.0 Å². The molecule has 0 atom stereocenters. The molecule has 0 aliphatic rings. The Morgan fingerprint density at radius 2 is 1.91 bits per heavy atom. The van der Waals surface area contributed by atoms with E-state index in [-0.39, 0.29) is 11.5 Å². The first-order chi connectivity index (χ1) is 10.8. The molecule has 2 aromatic rings. The highest BCUT2D eigenvalue weighted by molar-refractivity contribution is 7.89. The lowest BCUT2D eigenvalue weighted by Gasteiger charge is -2.09. The monoisotopic (exact) mass is 337 g/mol. The molecule has 0 fully saturated rings. The molecule has 23 heavy (non-hydrogen) atoms. The van der Waals surface area contributed by atoms with E-state index >= 15 is 0 Å². The van der Waals surface area contributed by atoms with E-state index in [9.17, 15) is 17.6 Å². The predicted molar refractivity (Wildman–Crippen MR) is 82.9 cm³/mol. The first-order valence-corrected chi connectivity index (χ1v) is 8.28. The fourth-order valence-electron chi connectivity index (χ4n) is 1.94. The van der Waals surface area contributed by atoms with Gasteiger partial charge in [0, 0.05) is 0 Å². The van der Waals surface area contributed by atoms with E-state index in [1.54, 1.807) is 12.1 Å². The van der Waals surface area contributed by atoms with Crippen LogP contribution in [0.15, 0.2) is 47.4 Å². The number of halogens is 1. The number of rotatable bonds is 5. The smallest absolute Gasteiger partial charge is 0.341 e. The van der Waals surface area contributed by atoms with Crippen LogP contribution < -0.4 is 4.72 Å². The molecule has 0 saturated heterocycles. The molecule has 122 valence electrons. The van der Waals surface area contributed by atoms with Crippen LogP contribution in [0.3, 0.4) is 0 Å². The third kappa shape index (κ3) is 3.94. The third-order valence-corrected chi connectivity index (χ3v) is 4.77. The van der Waals surface area contributed by atoms with Crippen LogP contribution in [0.25, 0.3) is 0 Å². The van der Waals surface area contributed by atoms with Gasteiger partial charge in [0.2, 0.25) is 10.0 Å². The maximum atomic E-state index is 13.8. The number of carbonyl (C=O) groups is 1. The zero-order valence-electron chi connectivity index (χ0n) is 12.7. The zero-order chi connectivity index (χ0) is 17.0. The summed E-state index contributed by atoms with van der Waals surface area (Å²) in [5.74, 6) is -1.76. The van der Waals surface area contributed by atoms with Gasteiger partial charge in [0.15, 0.2) is 0 Å². The van der Waals surface area contributed by atoms with Crippen molar-refractivity contribution in [2.75, 3.05) is 7.05 Å². The summed E-state index contributed by atoms with van der Waals surface area (Å²) >= 11 is 0. The topological polar surface area (TPSA) is 72.5 Å². The van der Waals surface area contributed by atoms with Crippen molar-refractivity contribution >= 4 is 16.0 Å². The highest BCUT2D eigenvalue weighted by atomic mass is 32.2. The number of carbonyl (C=O) groups excluding carboxylic acids is 1. The van der Waals surface area contributed by atoms with E-state index in [1.807, 2.05) is 19.1 Å². The molecule has 0 aliphatic heterocycles. The molecule has 0 saturated carbocycles. The zero-order valence-corrected chi connectivity index (χ0v) is 13.5. The van der Waals surface area contributed by atoms with Gasteiger partial charge in [-0.1, -0.05) is 24.3 Å². The quantitative estimate of drug-likeness (QED) is 0.851. The van der Waals surface area contributed by atoms with Gasteiger partial charge in [0.05, 0.1) is 10.5 Å². The molecule has 0 radical (unpaired) electrons. The molecule has 0 unspecified atom stereocenters. The molecule has 0 spiro atoms. The number of hydrogen-bond donors (Lipinski definition) is 1. The molecular formula is C16H16FNO4S. The molecule has 2 aromatic carbocycles. The van der Waals surface area contributed by atoms with Crippen molar-refractivity contribution in [3.8, 4) is 0 Å². The average molecular weight is 337 g/mol. The maximum Gasteiger partial charge on any atom is 0.341 e. The van der Waals surface area contributed by atoms with Crippen LogP contribution in [0.1, 0.15) is 21.5 Å².